The van der Waals surface area contributed by atoms with Crippen molar-refractivity contribution >= 4 is 34.8 Å². The SMILES string of the molecule is O=C(Nc1ccc(C2=Cc3cc(NC(=O)[C@@H]4CCCN4)ccc3C2)cc1)[C@@H]1CCCN1. The number of carbonyl (C=O) groups excluding carboxylic acids is 2. The van der Waals surface area contributed by atoms with Crippen LogP contribution in [0, 0.1) is 0 Å². The molecule has 1 aliphatic carbocycles. The first-order chi connectivity index (χ1) is 15.2. The zero-order chi connectivity index (χ0) is 21.2. The molecule has 4 N–H and O–H groups in total. The largest absolute Gasteiger partial charge is 0.325 e. The summed E-state index contributed by atoms with van der Waals surface area (Å²) in [6, 6.07) is 14.0. The Morgan fingerprint density at radius 1 is 0.806 bits per heavy atom. The van der Waals surface area contributed by atoms with Crippen LogP contribution in [0.15, 0.2) is 42.5 Å². The highest BCUT2D eigenvalue weighted by Gasteiger charge is 2.23. The van der Waals surface area contributed by atoms with Gasteiger partial charge in [-0.15, -0.1) is 0 Å². The van der Waals surface area contributed by atoms with Crippen molar-refractivity contribution in [1.82, 2.24) is 10.6 Å². The summed E-state index contributed by atoms with van der Waals surface area (Å²) in [7, 11) is 0. The van der Waals surface area contributed by atoms with E-state index in [1.54, 1.807) is 0 Å². The Balaban J connectivity index is 1.24. The monoisotopic (exact) mass is 416 g/mol. The van der Waals surface area contributed by atoms with Crippen LogP contribution in [0.3, 0.4) is 0 Å². The van der Waals surface area contributed by atoms with Gasteiger partial charge in [-0.25, -0.2) is 0 Å². The summed E-state index contributed by atoms with van der Waals surface area (Å²) in [6.45, 7) is 1.82. The van der Waals surface area contributed by atoms with Crippen molar-refractivity contribution in [2.45, 2.75) is 44.2 Å². The number of hydrogen-bond acceptors (Lipinski definition) is 4. The molecule has 31 heavy (non-hydrogen) atoms. The van der Waals surface area contributed by atoms with Gasteiger partial charge in [0.05, 0.1) is 12.1 Å². The molecule has 160 valence electrons. The second-order valence-electron chi connectivity index (χ2n) is 8.61. The Morgan fingerprint density at radius 2 is 1.42 bits per heavy atom. The molecular weight excluding hydrogens is 388 g/mol. The summed E-state index contributed by atoms with van der Waals surface area (Å²) in [5.74, 6) is 0.0882. The van der Waals surface area contributed by atoms with Crippen molar-refractivity contribution < 1.29 is 9.59 Å². The van der Waals surface area contributed by atoms with Gasteiger partial charge in [0, 0.05) is 11.4 Å². The quantitative estimate of drug-likeness (QED) is 0.604. The normalized spacial score (nSPS) is 22.1. The lowest BCUT2D eigenvalue weighted by atomic mass is 10.0. The maximum absolute atomic E-state index is 12.4. The van der Waals surface area contributed by atoms with Crippen LogP contribution in [0.5, 0.6) is 0 Å². The van der Waals surface area contributed by atoms with E-state index >= 15 is 0 Å². The summed E-state index contributed by atoms with van der Waals surface area (Å²) in [6.07, 6.45) is 6.95. The van der Waals surface area contributed by atoms with Gasteiger partial charge in [0.1, 0.15) is 0 Å². The van der Waals surface area contributed by atoms with Crippen molar-refractivity contribution in [2.24, 2.45) is 0 Å². The van der Waals surface area contributed by atoms with Crippen LogP contribution in [0.4, 0.5) is 11.4 Å². The maximum atomic E-state index is 12.4. The molecule has 6 nitrogen and oxygen atoms in total. The number of hydrogen-bond donors (Lipinski definition) is 4. The number of rotatable bonds is 5. The van der Waals surface area contributed by atoms with E-state index in [4.69, 9.17) is 0 Å². The first-order valence-corrected chi connectivity index (χ1v) is 11.2. The molecule has 3 aliphatic rings. The van der Waals surface area contributed by atoms with Gasteiger partial charge in [-0.1, -0.05) is 24.3 Å². The topological polar surface area (TPSA) is 82.3 Å². The van der Waals surface area contributed by atoms with Crippen molar-refractivity contribution in [3.63, 3.8) is 0 Å². The fourth-order valence-electron chi connectivity index (χ4n) is 4.64. The molecule has 0 radical (unpaired) electrons. The number of benzene rings is 2. The highest BCUT2D eigenvalue weighted by Crippen LogP contribution is 2.33. The third kappa shape index (κ3) is 4.40. The minimum absolute atomic E-state index is 0.0418. The van der Waals surface area contributed by atoms with E-state index in [2.05, 4.69) is 51.6 Å². The Bertz CT molecular complexity index is 1020. The smallest absolute Gasteiger partial charge is 0.241 e. The van der Waals surface area contributed by atoms with E-state index in [1.165, 1.54) is 11.1 Å². The van der Waals surface area contributed by atoms with Crippen molar-refractivity contribution in [3.05, 3.63) is 59.2 Å². The summed E-state index contributed by atoms with van der Waals surface area (Å²) in [4.78, 5) is 24.6. The standard InChI is InChI=1S/C25H28N4O2/c30-24(22-3-1-11-26-22)28-20-8-5-16(6-9-20)18-13-17-7-10-21(15-19(17)14-18)29-25(31)23-4-2-12-27-23/h5-10,14-15,22-23,26-27H,1-4,11-13H2,(H,28,30)(H,29,31)/t22-,23-/m0/s1. The van der Waals surface area contributed by atoms with E-state index in [1.807, 2.05) is 18.2 Å². The number of anilines is 2. The predicted octanol–water partition coefficient (Wildman–Crippen LogP) is 3.16. The van der Waals surface area contributed by atoms with E-state index in [0.29, 0.717) is 0 Å². The van der Waals surface area contributed by atoms with Crippen LogP contribution in [-0.4, -0.2) is 37.0 Å². The van der Waals surface area contributed by atoms with Crippen LogP contribution in [0.25, 0.3) is 11.6 Å². The van der Waals surface area contributed by atoms with Crippen LogP contribution in [-0.2, 0) is 16.0 Å². The Labute approximate surface area is 182 Å². The zero-order valence-corrected chi connectivity index (χ0v) is 17.5. The minimum atomic E-state index is -0.0807. The molecule has 2 heterocycles. The van der Waals surface area contributed by atoms with Crippen molar-refractivity contribution in [3.8, 4) is 0 Å². The van der Waals surface area contributed by atoms with Crippen LogP contribution in [0.2, 0.25) is 0 Å². The zero-order valence-electron chi connectivity index (χ0n) is 17.5. The summed E-state index contributed by atoms with van der Waals surface area (Å²) < 4.78 is 0. The average molecular weight is 417 g/mol. The molecule has 2 fully saturated rings. The lowest BCUT2D eigenvalue weighted by Gasteiger charge is -2.12. The maximum Gasteiger partial charge on any atom is 0.241 e. The molecule has 5 rings (SSSR count). The molecule has 0 bridgehead atoms. The van der Waals surface area contributed by atoms with E-state index in [9.17, 15) is 9.59 Å². The molecule has 6 heteroatoms. The molecule has 2 aliphatic heterocycles. The lowest BCUT2D eigenvalue weighted by molar-refractivity contribution is -0.118. The van der Waals surface area contributed by atoms with Gasteiger partial charge in [-0.2, -0.15) is 0 Å². The summed E-state index contributed by atoms with van der Waals surface area (Å²) >= 11 is 0. The molecule has 2 aromatic carbocycles. The van der Waals surface area contributed by atoms with E-state index in [0.717, 1.165) is 67.7 Å². The Morgan fingerprint density at radius 3 is 2.03 bits per heavy atom. The van der Waals surface area contributed by atoms with Crippen molar-refractivity contribution in [1.29, 1.82) is 0 Å². The second kappa shape index (κ2) is 8.65. The number of fused-ring (bicyclic) bond motifs is 1. The third-order valence-electron chi connectivity index (χ3n) is 6.40. The molecule has 0 aromatic heterocycles. The van der Waals surface area contributed by atoms with Gasteiger partial charge in [0.15, 0.2) is 0 Å². The first kappa shape index (κ1) is 20.0. The fourth-order valence-corrected chi connectivity index (χ4v) is 4.64. The number of carbonyl (C=O) groups is 2. The number of amides is 2. The molecule has 0 spiro atoms. The Hall–Kier alpha value is -2.96. The first-order valence-electron chi connectivity index (χ1n) is 11.2. The van der Waals surface area contributed by atoms with Crippen LogP contribution < -0.4 is 21.3 Å². The van der Waals surface area contributed by atoms with Gasteiger partial charge in [0.2, 0.25) is 11.8 Å². The molecular formula is C25H28N4O2. The third-order valence-corrected chi connectivity index (χ3v) is 6.40. The number of allylic oxidation sites excluding steroid dienone is 1. The molecule has 2 aromatic rings. The van der Waals surface area contributed by atoms with Crippen molar-refractivity contribution in [2.75, 3.05) is 23.7 Å². The average Bonchev–Trinajstić information content (AvgIpc) is 3.55. The molecule has 2 saturated heterocycles. The number of nitrogens with one attached hydrogen (secondary N) is 4. The highest BCUT2D eigenvalue weighted by molar-refractivity contribution is 5.97. The van der Waals surface area contributed by atoms with Gasteiger partial charge in [0.25, 0.3) is 0 Å². The Kier molecular flexibility index (Phi) is 5.57. The van der Waals surface area contributed by atoms with Gasteiger partial charge in [-0.3, -0.25) is 9.59 Å². The second-order valence-corrected chi connectivity index (χ2v) is 8.61. The minimum Gasteiger partial charge on any atom is -0.325 e. The van der Waals surface area contributed by atoms with Crippen LogP contribution >= 0.6 is 0 Å². The van der Waals surface area contributed by atoms with Gasteiger partial charge in [-0.05, 0) is 91.7 Å². The van der Waals surface area contributed by atoms with Crippen LogP contribution in [0.1, 0.15) is 42.4 Å². The summed E-state index contributed by atoms with van der Waals surface area (Å²) in [5.41, 5.74) is 6.46. The van der Waals surface area contributed by atoms with E-state index in [-0.39, 0.29) is 23.9 Å². The van der Waals surface area contributed by atoms with Gasteiger partial charge < -0.3 is 21.3 Å². The molecule has 0 saturated carbocycles. The van der Waals surface area contributed by atoms with E-state index < -0.39 is 0 Å². The molecule has 2 amide bonds. The predicted molar refractivity (Wildman–Crippen MR) is 124 cm³/mol. The van der Waals surface area contributed by atoms with Gasteiger partial charge >= 0.3 is 0 Å². The highest BCUT2D eigenvalue weighted by atomic mass is 16.2. The summed E-state index contributed by atoms with van der Waals surface area (Å²) in [5, 5.41) is 12.5. The lowest BCUT2D eigenvalue weighted by Crippen LogP contribution is -2.35. The molecule has 2 atom stereocenters. The fraction of sp³-hybridized carbons (Fsp3) is 0.360. The molecule has 0 unspecified atom stereocenters.